The molecule has 3 N–H and O–H groups in total. The number of aliphatic hydroxyl groups is 3. The summed E-state index contributed by atoms with van der Waals surface area (Å²) in [6, 6.07) is 0. The van der Waals surface area contributed by atoms with Crippen LogP contribution in [0.25, 0.3) is 0 Å². The van der Waals surface area contributed by atoms with Gasteiger partial charge in [-0.25, -0.2) is 0 Å². The molecule has 0 aromatic heterocycles. The maximum atomic E-state index is 9.78. The third-order valence-corrected chi connectivity index (χ3v) is 2.08. The van der Waals surface area contributed by atoms with Gasteiger partial charge in [0.1, 0.15) is 5.60 Å². The summed E-state index contributed by atoms with van der Waals surface area (Å²) in [7, 11) is 0. The summed E-state index contributed by atoms with van der Waals surface area (Å²) >= 11 is 0. The van der Waals surface area contributed by atoms with Crippen molar-refractivity contribution in [3.63, 3.8) is 0 Å². The highest BCUT2D eigenvalue weighted by Crippen LogP contribution is 2.21. The standard InChI is InChI=1S/C8H16O5/c9-3-2-8(11,6-10)7-12-4-1-5-13-7/h7,9-11H,1-6H2. The van der Waals surface area contributed by atoms with E-state index in [-0.39, 0.29) is 13.0 Å². The molecule has 0 spiro atoms. The highest BCUT2D eigenvalue weighted by atomic mass is 16.7. The van der Waals surface area contributed by atoms with E-state index in [0.29, 0.717) is 13.2 Å². The van der Waals surface area contributed by atoms with E-state index < -0.39 is 18.5 Å². The Morgan fingerprint density at radius 3 is 2.31 bits per heavy atom. The number of rotatable bonds is 4. The molecule has 1 fully saturated rings. The number of ether oxygens (including phenoxy) is 2. The lowest BCUT2D eigenvalue weighted by atomic mass is 10.0. The Morgan fingerprint density at radius 2 is 1.85 bits per heavy atom. The lowest BCUT2D eigenvalue weighted by Crippen LogP contribution is -2.51. The molecule has 1 unspecified atom stereocenters. The third kappa shape index (κ3) is 2.62. The first-order valence-corrected chi connectivity index (χ1v) is 4.40. The Balaban J connectivity index is 2.51. The van der Waals surface area contributed by atoms with Crippen LogP contribution in [0.3, 0.4) is 0 Å². The van der Waals surface area contributed by atoms with Crippen LogP contribution in [-0.4, -0.2) is 53.6 Å². The topological polar surface area (TPSA) is 79.2 Å². The van der Waals surface area contributed by atoms with E-state index in [1.165, 1.54) is 0 Å². The van der Waals surface area contributed by atoms with Gasteiger partial charge >= 0.3 is 0 Å². The molecule has 0 saturated carbocycles. The van der Waals surface area contributed by atoms with Crippen molar-refractivity contribution in [1.29, 1.82) is 0 Å². The summed E-state index contributed by atoms with van der Waals surface area (Å²) in [5, 5.41) is 27.4. The molecule has 13 heavy (non-hydrogen) atoms. The van der Waals surface area contributed by atoms with Gasteiger partial charge in [0.25, 0.3) is 0 Å². The molecule has 0 bridgehead atoms. The molecule has 1 heterocycles. The SMILES string of the molecule is OCCC(O)(CO)C1OCCCO1. The minimum atomic E-state index is -1.48. The van der Waals surface area contributed by atoms with Crippen LogP contribution in [0.2, 0.25) is 0 Å². The number of aliphatic hydroxyl groups excluding tert-OH is 2. The molecular formula is C8H16O5. The van der Waals surface area contributed by atoms with Gasteiger partial charge in [0.15, 0.2) is 6.29 Å². The minimum absolute atomic E-state index is 0.0498. The summed E-state index contributed by atoms with van der Waals surface area (Å²) < 4.78 is 10.3. The smallest absolute Gasteiger partial charge is 0.188 e. The molecule has 0 radical (unpaired) electrons. The second-order valence-electron chi connectivity index (χ2n) is 3.16. The second kappa shape index (κ2) is 4.88. The Morgan fingerprint density at radius 1 is 1.23 bits per heavy atom. The van der Waals surface area contributed by atoms with Gasteiger partial charge in [-0.1, -0.05) is 0 Å². The van der Waals surface area contributed by atoms with Crippen LogP contribution in [0, 0.1) is 0 Å². The van der Waals surface area contributed by atoms with Gasteiger partial charge in [0, 0.05) is 13.0 Å². The second-order valence-corrected chi connectivity index (χ2v) is 3.16. The molecule has 0 aliphatic carbocycles. The van der Waals surface area contributed by atoms with Gasteiger partial charge in [-0.05, 0) is 6.42 Å². The van der Waals surface area contributed by atoms with Gasteiger partial charge < -0.3 is 24.8 Å². The highest BCUT2D eigenvalue weighted by Gasteiger charge is 2.38. The zero-order chi connectivity index (χ0) is 9.73. The van der Waals surface area contributed by atoms with Crippen LogP contribution in [0.5, 0.6) is 0 Å². The number of hydrogen-bond acceptors (Lipinski definition) is 5. The largest absolute Gasteiger partial charge is 0.396 e. The normalized spacial score (nSPS) is 24.2. The van der Waals surface area contributed by atoms with Crippen molar-refractivity contribution in [3.05, 3.63) is 0 Å². The zero-order valence-electron chi connectivity index (χ0n) is 7.48. The van der Waals surface area contributed by atoms with Crippen LogP contribution in [0.1, 0.15) is 12.8 Å². The van der Waals surface area contributed by atoms with Gasteiger partial charge in [0.2, 0.25) is 0 Å². The predicted octanol–water partition coefficient (Wildman–Crippen LogP) is -1.14. The van der Waals surface area contributed by atoms with Crippen molar-refractivity contribution in [3.8, 4) is 0 Å². The van der Waals surface area contributed by atoms with Crippen molar-refractivity contribution >= 4 is 0 Å². The molecule has 1 atom stereocenters. The Hall–Kier alpha value is -0.200. The predicted molar refractivity (Wildman–Crippen MR) is 44.0 cm³/mol. The summed E-state index contributed by atoms with van der Waals surface area (Å²) in [5.74, 6) is 0. The van der Waals surface area contributed by atoms with Crippen LogP contribution < -0.4 is 0 Å². The molecule has 0 aromatic carbocycles. The molecule has 78 valence electrons. The van der Waals surface area contributed by atoms with E-state index in [1.54, 1.807) is 0 Å². The summed E-state index contributed by atoms with van der Waals surface area (Å²) in [5.41, 5.74) is -1.48. The lowest BCUT2D eigenvalue weighted by molar-refractivity contribution is -0.273. The Kier molecular flexibility index (Phi) is 4.08. The maximum Gasteiger partial charge on any atom is 0.188 e. The monoisotopic (exact) mass is 192 g/mol. The first kappa shape index (κ1) is 10.9. The molecule has 1 aliphatic heterocycles. The molecular weight excluding hydrogens is 176 g/mol. The van der Waals surface area contributed by atoms with Gasteiger partial charge in [-0.2, -0.15) is 0 Å². The van der Waals surface area contributed by atoms with Crippen molar-refractivity contribution in [1.82, 2.24) is 0 Å². The van der Waals surface area contributed by atoms with Crippen molar-refractivity contribution in [2.75, 3.05) is 26.4 Å². The fourth-order valence-electron chi connectivity index (χ4n) is 1.26. The lowest BCUT2D eigenvalue weighted by Gasteiger charge is -2.36. The fourth-order valence-corrected chi connectivity index (χ4v) is 1.26. The van der Waals surface area contributed by atoms with Crippen LogP contribution in [-0.2, 0) is 9.47 Å². The maximum absolute atomic E-state index is 9.78. The van der Waals surface area contributed by atoms with E-state index in [1.807, 2.05) is 0 Å². The van der Waals surface area contributed by atoms with E-state index in [2.05, 4.69) is 0 Å². The van der Waals surface area contributed by atoms with Crippen molar-refractivity contribution in [2.24, 2.45) is 0 Å². The first-order chi connectivity index (χ1) is 6.23. The average molecular weight is 192 g/mol. The molecule has 0 amide bonds. The molecule has 0 aromatic rings. The first-order valence-electron chi connectivity index (χ1n) is 4.40. The van der Waals surface area contributed by atoms with Crippen LogP contribution in [0.4, 0.5) is 0 Å². The van der Waals surface area contributed by atoms with Crippen molar-refractivity contribution in [2.45, 2.75) is 24.7 Å². The quantitative estimate of drug-likeness (QED) is 0.524. The summed E-state index contributed by atoms with van der Waals surface area (Å²) in [6.45, 7) is 0.343. The Bertz CT molecular complexity index is 145. The molecule has 1 rings (SSSR count). The highest BCUT2D eigenvalue weighted by molar-refractivity contribution is 4.82. The summed E-state index contributed by atoms with van der Waals surface area (Å²) in [6.07, 6.45) is 0.0177. The van der Waals surface area contributed by atoms with Gasteiger partial charge in [-0.3, -0.25) is 0 Å². The molecule has 1 aliphatic rings. The zero-order valence-corrected chi connectivity index (χ0v) is 7.48. The van der Waals surface area contributed by atoms with E-state index in [4.69, 9.17) is 19.7 Å². The van der Waals surface area contributed by atoms with E-state index in [9.17, 15) is 5.11 Å². The number of hydrogen-bond donors (Lipinski definition) is 3. The van der Waals surface area contributed by atoms with Crippen LogP contribution >= 0.6 is 0 Å². The fraction of sp³-hybridized carbons (Fsp3) is 1.00. The molecule has 5 heteroatoms. The third-order valence-electron chi connectivity index (χ3n) is 2.08. The molecule has 5 nitrogen and oxygen atoms in total. The Labute approximate surface area is 76.9 Å². The minimum Gasteiger partial charge on any atom is -0.396 e. The summed E-state index contributed by atoms with van der Waals surface area (Å²) in [4.78, 5) is 0. The van der Waals surface area contributed by atoms with Crippen LogP contribution in [0.15, 0.2) is 0 Å². The van der Waals surface area contributed by atoms with Crippen molar-refractivity contribution < 1.29 is 24.8 Å². The molecule has 1 saturated heterocycles. The van der Waals surface area contributed by atoms with E-state index in [0.717, 1.165) is 6.42 Å². The van der Waals surface area contributed by atoms with Gasteiger partial charge in [-0.15, -0.1) is 0 Å². The van der Waals surface area contributed by atoms with Gasteiger partial charge in [0.05, 0.1) is 19.8 Å². The van der Waals surface area contributed by atoms with E-state index >= 15 is 0 Å². The average Bonchev–Trinajstić information content (AvgIpc) is 2.19.